The molecule has 280 valence electrons. The lowest BCUT2D eigenvalue weighted by Crippen LogP contribution is -2.62. The average Bonchev–Trinajstić information content (AvgIpc) is 3.12. The Morgan fingerprint density at radius 1 is 0.686 bits per heavy atom. The third kappa shape index (κ3) is 13.5. The lowest BCUT2D eigenvalue weighted by molar-refractivity contribution is -0.307. The number of benzene rings is 3. The van der Waals surface area contributed by atoms with Crippen molar-refractivity contribution in [2.45, 2.75) is 111 Å². The van der Waals surface area contributed by atoms with Gasteiger partial charge in [-0.2, -0.15) is 0 Å². The molecule has 0 aliphatic carbocycles. The van der Waals surface area contributed by atoms with E-state index in [0.29, 0.717) is 19.4 Å². The fourth-order valence-electron chi connectivity index (χ4n) is 5.18. The molecule has 10 nitrogen and oxygen atoms in total. The highest BCUT2D eigenvalue weighted by Gasteiger charge is 2.53. The van der Waals surface area contributed by atoms with E-state index in [4.69, 9.17) is 37.3 Å². The summed E-state index contributed by atoms with van der Waals surface area (Å²) < 4.78 is 64.3. The fraction of sp³-hybridized carbons (Fsp3) is 0.525. The molecule has 0 aromatic heterocycles. The maximum atomic E-state index is 14.3. The summed E-state index contributed by atoms with van der Waals surface area (Å²) in [7, 11) is -4.21. The predicted octanol–water partition coefficient (Wildman–Crippen LogP) is 8.81. The smallest absolute Gasteiger partial charge is 0.454 e. The van der Waals surface area contributed by atoms with Gasteiger partial charge < -0.3 is 23.7 Å². The third-order valence-corrected chi connectivity index (χ3v) is 9.60. The van der Waals surface area contributed by atoms with Crippen LogP contribution in [0, 0.1) is 5.41 Å². The van der Waals surface area contributed by atoms with Crippen LogP contribution < -0.4 is 0 Å². The maximum Gasteiger partial charge on any atom is 0.477 e. The van der Waals surface area contributed by atoms with Crippen molar-refractivity contribution in [2.75, 3.05) is 19.8 Å². The summed E-state index contributed by atoms with van der Waals surface area (Å²) in [6, 6.07) is 29.2. The molecular weight excluding hydrogens is 671 g/mol. The van der Waals surface area contributed by atoms with Crippen LogP contribution in [0.25, 0.3) is 0 Å². The van der Waals surface area contributed by atoms with Gasteiger partial charge in [0.05, 0.1) is 45.1 Å². The first-order valence-corrected chi connectivity index (χ1v) is 19.4. The summed E-state index contributed by atoms with van der Waals surface area (Å²) >= 11 is 0. The van der Waals surface area contributed by atoms with Crippen LogP contribution >= 0.6 is 7.82 Å². The van der Waals surface area contributed by atoms with Gasteiger partial charge in [0.25, 0.3) is 0 Å². The van der Waals surface area contributed by atoms with Gasteiger partial charge in [0.2, 0.25) is 6.29 Å². The minimum absolute atomic E-state index is 0.0665. The Bertz CT molecular complexity index is 1440. The standard InChI is InChI=1S/C40H55O10P/c1-6-8-25-46-51(42,47-26-9-7-2)50-38-37(49-39(41)40(3,4)5)36(45-29-33-23-17-12-18-24-33)35(44-28-32-21-15-11-16-22-32)34(48-38)30-43-27-31-19-13-10-14-20-31/h10-24,34-38H,6-9,25-30H2,1-5H3/t34?,35-,36?,37?,38?/m0/s1. The molecule has 1 saturated heterocycles. The molecule has 0 bridgehead atoms. The SMILES string of the molecule is CCCCOP(=O)(OCCCC)OC1OC(COCc2ccccc2)[C@H](OCc2ccccc2)C(OCc2ccccc2)C1OC(=O)C(C)(C)C. The fourth-order valence-corrected chi connectivity index (χ4v) is 6.51. The Hall–Kier alpha value is -2.92. The van der Waals surface area contributed by atoms with Gasteiger partial charge in [-0.25, -0.2) is 4.57 Å². The summed E-state index contributed by atoms with van der Waals surface area (Å²) in [5.41, 5.74) is 1.93. The lowest BCUT2D eigenvalue weighted by atomic mass is 9.95. The van der Waals surface area contributed by atoms with E-state index in [2.05, 4.69) is 0 Å². The highest BCUT2D eigenvalue weighted by Crippen LogP contribution is 2.53. The van der Waals surface area contributed by atoms with Crippen LogP contribution in [0.15, 0.2) is 91.0 Å². The monoisotopic (exact) mass is 726 g/mol. The van der Waals surface area contributed by atoms with Crippen LogP contribution in [0.3, 0.4) is 0 Å². The molecule has 0 N–H and O–H groups in total. The van der Waals surface area contributed by atoms with Crippen molar-refractivity contribution in [1.29, 1.82) is 0 Å². The van der Waals surface area contributed by atoms with Crippen LogP contribution in [-0.4, -0.2) is 56.5 Å². The van der Waals surface area contributed by atoms with Gasteiger partial charge in [-0.1, -0.05) is 118 Å². The molecule has 11 heteroatoms. The molecule has 1 aliphatic heterocycles. The molecule has 51 heavy (non-hydrogen) atoms. The Balaban J connectivity index is 1.73. The van der Waals surface area contributed by atoms with E-state index in [1.807, 2.05) is 105 Å². The average molecular weight is 727 g/mol. The largest absolute Gasteiger partial charge is 0.477 e. The van der Waals surface area contributed by atoms with Gasteiger partial charge in [0.15, 0.2) is 6.10 Å². The second-order valence-corrected chi connectivity index (χ2v) is 15.2. The first-order chi connectivity index (χ1) is 24.6. The molecule has 0 radical (unpaired) electrons. The molecule has 0 saturated carbocycles. The molecule has 3 aromatic rings. The lowest BCUT2D eigenvalue weighted by Gasteiger charge is -2.46. The minimum atomic E-state index is -4.21. The van der Waals surface area contributed by atoms with Crippen molar-refractivity contribution in [3.63, 3.8) is 0 Å². The quantitative estimate of drug-likeness (QED) is 0.0600. The van der Waals surface area contributed by atoms with E-state index in [9.17, 15) is 9.36 Å². The molecule has 4 rings (SSSR count). The number of esters is 1. The zero-order valence-corrected chi connectivity index (χ0v) is 31.5. The highest BCUT2D eigenvalue weighted by molar-refractivity contribution is 7.48. The van der Waals surface area contributed by atoms with E-state index >= 15 is 0 Å². The number of unbranched alkanes of at least 4 members (excludes halogenated alkanes) is 2. The molecule has 0 spiro atoms. The van der Waals surface area contributed by atoms with Crippen molar-refractivity contribution in [3.05, 3.63) is 108 Å². The van der Waals surface area contributed by atoms with Crippen LogP contribution in [0.5, 0.6) is 0 Å². The van der Waals surface area contributed by atoms with E-state index in [-0.39, 0.29) is 33.0 Å². The molecule has 1 heterocycles. The minimum Gasteiger partial charge on any atom is -0.454 e. The molecular formula is C40H55O10P. The number of carbonyl (C=O) groups excluding carboxylic acids is 1. The zero-order valence-electron chi connectivity index (χ0n) is 30.6. The van der Waals surface area contributed by atoms with E-state index in [0.717, 1.165) is 29.5 Å². The van der Waals surface area contributed by atoms with Crippen LogP contribution in [0.1, 0.15) is 77.0 Å². The molecule has 1 fully saturated rings. The van der Waals surface area contributed by atoms with E-state index in [1.54, 1.807) is 20.8 Å². The van der Waals surface area contributed by atoms with Gasteiger partial charge in [-0.3, -0.25) is 18.4 Å². The summed E-state index contributed by atoms with van der Waals surface area (Å²) in [6.45, 7) is 10.3. The maximum absolute atomic E-state index is 14.3. The first kappa shape index (κ1) is 40.8. The van der Waals surface area contributed by atoms with Crippen molar-refractivity contribution in [2.24, 2.45) is 5.41 Å². The number of rotatable bonds is 21. The molecule has 4 unspecified atom stereocenters. The summed E-state index contributed by atoms with van der Waals surface area (Å²) in [5, 5.41) is 0. The van der Waals surface area contributed by atoms with Crippen molar-refractivity contribution in [3.8, 4) is 0 Å². The second-order valence-electron chi connectivity index (χ2n) is 13.6. The number of hydrogen-bond donors (Lipinski definition) is 0. The number of phosphoric ester groups is 1. The molecule has 3 aromatic carbocycles. The van der Waals surface area contributed by atoms with E-state index < -0.39 is 49.9 Å². The number of phosphoric acid groups is 1. The molecule has 0 amide bonds. The molecule has 1 aliphatic rings. The van der Waals surface area contributed by atoms with Gasteiger partial charge in [-0.15, -0.1) is 0 Å². The summed E-state index contributed by atoms with van der Waals surface area (Å²) in [6.07, 6.45) is -2.24. The van der Waals surface area contributed by atoms with Gasteiger partial charge in [0, 0.05) is 0 Å². The van der Waals surface area contributed by atoms with Crippen LogP contribution in [0.2, 0.25) is 0 Å². The molecule has 5 atom stereocenters. The Morgan fingerprint density at radius 3 is 1.63 bits per heavy atom. The normalized spacial score (nSPS) is 21.0. The second kappa shape index (κ2) is 20.9. The Labute approximate surface area is 303 Å². The summed E-state index contributed by atoms with van der Waals surface area (Å²) in [4.78, 5) is 13.6. The Kier molecular flexibility index (Phi) is 16.8. The highest BCUT2D eigenvalue weighted by atomic mass is 31.2. The first-order valence-electron chi connectivity index (χ1n) is 18.0. The van der Waals surface area contributed by atoms with E-state index in [1.165, 1.54) is 0 Å². The van der Waals surface area contributed by atoms with Gasteiger partial charge >= 0.3 is 13.8 Å². The van der Waals surface area contributed by atoms with Crippen molar-refractivity contribution < 1.29 is 46.6 Å². The topological polar surface area (TPSA) is 108 Å². The van der Waals surface area contributed by atoms with Crippen molar-refractivity contribution >= 4 is 13.8 Å². The van der Waals surface area contributed by atoms with Gasteiger partial charge in [0.1, 0.15) is 18.3 Å². The number of hydrogen-bond acceptors (Lipinski definition) is 10. The predicted molar refractivity (Wildman–Crippen MR) is 195 cm³/mol. The number of carbonyl (C=O) groups is 1. The zero-order chi connectivity index (χ0) is 36.5. The van der Waals surface area contributed by atoms with Gasteiger partial charge in [-0.05, 0) is 50.3 Å². The van der Waals surface area contributed by atoms with Crippen LogP contribution in [0.4, 0.5) is 0 Å². The van der Waals surface area contributed by atoms with Crippen LogP contribution in [-0.2, 0) is 66.4 Å². The summed E-state index contributed by atoms with van der Waals surface area (Å²) in [5.74, 6) is -0.521. The third-order valence-electron chi connectivity index (χ3n) is 8.14. The Morgan fingerprint density at radius 2 is 1.16 bits per heavy atom. The number of ether oxygens (including phenoxy) is 5. The van der Waals surface area contributed by atoms with Crippen molar-refractivity contribution in [1.82, 2.24) is 0 Å².